The molecule has 0 saturated heterocycles. The molecule has 0 aliphatic rings. The van der Waals surface area contributed by atoms with Gasteiger partial charge in [0.15, 0.2) is 0 Å². The lowest BCUT2D eigenvalue weighted by molar-refractivity contribution is 0.0526. The van der Waals surface area contributed by atoms with Crippen molar-refractivity contribution in [2.75, 3.05) is 11.9 Å². The summed E-state index contributed by atoms with van der Waals surface area (Å²) in [4.78, 5) is 29.8. The second-order valence-electron chi connectivity index (χ2n) is 7.15. The zero-order valence-corrected chi connectivity index (χ0v) is 17.8. The van der Waals surface area contributed by atoms with Gasteiger partial charge in [0.1, 0.15) is 11.1 Å². The first-order valence-electron chi connectivity index (χ1n) is 10.3. The standard InChI is InChI=1S/C26H22N2O4/c1-3-31-26(30)19-11-8-12-20(15-19)27-25-21(16-18-10-5-7-14-23(18)32-25)24(29)28-22-13-6-4-9-17(22)2/h4-16H,3H2,1-2H3,(H,28,29). The predicted octanol–water partition coefficient (Wildman–Crippen LogP) is 5.40. The lowest BCUT2D eigenvalue weighted by Crippen LogP contribution is -2.22. The van der Waals surface area contributed by atoms with E-state index in [4.69, 9.17) is 9.15 Å². The van der Waals surface area contributed by atoms with E-state index in [1.54, 1.807) is 37.3 Å². The van der Waals surface area contributed by atoms with E-state index in [9.17, 15) is 9.59 Å². The predicted molar refractivity (Wildman–Crippen MR) is 123 cm³/mol. The highest BCUT2D eigenvalue weighted by Crippen LogP contribution is 2.19. The zero-order valence-electron chi connectivity index (χ0n) is 17.8. The minimum absolute atomic E-state index is 0.149. The molecule has 1 aromatic heterocycles. The largest absolute Gasteiger partial charge is 0.462 e. The van der Waals surface area contributed by atoms with Gasteiger partial charge in [-0.05, 0) is 55.8 Å². The molecule has 0 atom stereocenters. The van der Waals surface area contributed by atoms with Gasteiger partial charge in [-0.2, -0.15) is 0 Å². The Bertz CT molecular complexity index is 1370. The summed E-state index contributed by atoms with van der Waals surface area (Å²) in [6.07, 6.45) is 0. The van der Waals surface area contributed by atoms with E-state index in [1.807, 2.05) is 55.5 Å². The highest BCUT2D eigenvalue weighted by Gasteiger charge is 2.14. The van der Waals surface area contributed by atoms with Crippen LogP contribution in [0.4, 0.5) is 11.4 Å². The highest BCUT2D eigenvalue weighted by molar-refractivity contribution is 6.05. The maximum absolute atomic E-state index is 13.2. The average molecular weight is 426 g/mol. The van der Waals surface area contributed by atoms with Gasteiger partial charge in [0.05, 0.1) is 17.9 Å². The SMILES string of the molecule is CCOC(=O)c1cccc(N=c2oc3ccccc3cc2C(=O)Nc2ccccc2C)c1. The molecule has 0 spiro atoms. The van der Waals surface area contributed by atoms with Crippen LogP contribution in [-0.2, 0) is 4.74 Å². The number of anilines is 1. The summed E-state index contributed by atoms with van der Waals surface area (Å²) < 4.78 is 11.1. The van der Waals surface area contributed by atoms with Crippen LogP contribution in [0.25, 0.3) is 11.0 Å². The van der Waals surface area contributed by atoms with Crippen molar-refractivity contribution in [2.45, 2.75) is 13.8 Å². The second kappa shape index (κ2) is 9.31. The van der Waals surface area contributed by atoms with Crippen molar-refractivity contribution in [2.24, 2.45) is 4.99 Å². The van der Waals surface area contributed by atoms with Crippen LogP contribution in [-0.4, -0.2) is 18.5 Å². The van der Waals surface area contributed by atoms with Gasteiger partial charge in [0, 0.05) is 11.1 Å². The Morgan fingerprint density at radius 2 is 1.75 bits per heavy atom. The summed E-state index contributed by atoms with van der Waals surface area (Å²) in [7, 11) is 0. The Labute approximate surface area is 185 Å². The number of nitrogens with zero attached hydrogens (tertiary/aromatic N) is 1. The van der Waals surface area contributed by atoms with Crippen molar-refractivity contribution in [3.05, 3.63) is 101 Å². The number of hydrogen-bond donors (Lipinski definition) is 1. The Kier molecular flexibility index (Phi) is 6.12. The maximum Gasteiger partial charge on any atom is 0.338 e. The van der Waals surface area contributed by atoms with E-state index in [2.05, 4.69) is 10.3 Å². The third-order valence-electron chi connectivity index (χ3n) is 4.88. The fourth-order valence-electron chi connectivity index (χ4n) is 3.25. The molecule has 0 saturated carbocycles. The molecule has 1 N–H and O–H groups in total. The van der Waals surface area contributed by atoms with Crippen molar-refractivity contribution in [1.82, 2.24) is 0 Å². The number of amides is 1. The van der Waals surface area contributed by atoms with Gasteiger partial charge in [-0.15, -0.1) is 0 Å². The molecule has 6 heteroatoms. The number of carbonyl (C=O) groups is 2. The summed E-state index contributed by atoms with van der Waals surface area (Å²) >= 11 is 0. The average Bonchev–Trinajstić information content (AvgIpc) is 2.80. The molecule has 0 fully saturated rings. The number of fused-ring (bicyclic) bond motifs is 1. The van der Waals surface area contributed by atoms with E-state index in [0.29, 0.717) is 22.5 Å². The van der Waals surface area contributed by atoms with Crippen molar-refractivity contribution in [3.63, 3.8) is 0 Å². The van der Waals surface area contributed by atoms with E-state index in [-0.39, 0.29) is 23.6 Å². The van der Waals surface area contributed by atoms with Crippen LogP contribution >= 0.6 is 0 Å². The first-order chi connectivity index (χ1) is 15.5. The molecule has 6 nitrogen and oxygen atoms in total. The topological polar surface area (TPSA) is 80.9 Å². The molecule has 4 aromatic rings. The van der Waals surface area contributed by atoms with Crippen LogP contribution in [0.5, 0.6) is 0 Å². The van der Waals surface area contributed by atoms with Crippen molar-refractivity contribution < 1.29 is 18.7 Å². The van der Waals surface area contributed by atoms with E-state index in [1.165, 1.54) is 0 Å². The van der Waals surface area contributed by atoms with Gasteiger partial charge in [0.2, 0.25) is 5.55 Å². The quantitative estimate of drug-likeness (QED) is 0.433. The fourth-order valence-corrected chi connectivity index (χ4v) is 3.25. The van der Waals surface area contributed by atoms with Gasteiger partial charge in [-0.1, -0.05) is 42.5 Å². The van der Waals surface area contributed by atoms with E-state index in [0.717, 1.165) is 10.9 Å². The molecule has 160 valence electrons. The number of hydrogen-bond acceptors (Lipinski definition) is 5. The van der Waals surface area contributed by atoms with Crippen LogP contribution < -0.4 is 10.9 Å². The van der Waals surface area contributed by atoms with Crippen molar-refractivity contribution in [1.29, 1.82) is 0 Å². The van der Waals surface area contributed by atoms with E-state index >= 15 is 0 Å². The molecule has 0 aliphatic carbocycles. The van der Waals surface area contributed by atoms with Gasteiger partial charge in [-0.3, -0.25) is 4.79 Å². The first kappa shape index (κ1) is 21.1. The van der Waals surface area contributed by atoms with Crippen LogP contribution in [0.3, 0.4) is 0 Å². The zero-order chi connectivity index (χ0) is 22.5. The van der Waals surface area contributed by atoms with Crippen LogP contribution in [0.1, 0.15) is 33.2 Å². The third-order valence-corrected chi connectivity index (χ3v) is 4.88. The molecule has 0 unspecified atom stereocenters. The first-order valence-corrected chi connectivity index (χ1v) is 10.3. The smallest absolute Gasteiger partial charge is 0.338 e. The highest BCUT2D eigenvalue weighted by atomic mass is 16.5. The molecule has 0 aliphatic heterocycles. The van der Waals surface area contributed by atoms with Crippen molar-refractivity contribution >= 4 is 34.2 Å². The summed E-state index contributed by atoms with van der Waals surface area (Å²) in [6, 6.07) is 23.4. The summed E-state index contributed by atoms with van der Waals surface area (Å²) in [5, 5.41) is 3.71. The number of carbonyl (C=O) groups excluding carboxylic acids is 2. The second-order valence-corrected chi connectivity index (χ2v) is 7.15. The van der Waals surface area contributed by atoms with Crippen LogP contribution in [0.2, 0.25) is 0 Å². The maximum atomic E-state index is 13.2. The Morgan fingerprint density at radius 1 is 0.969 bits per heavy atom. The lowest BCUT2D eigenvalue weighted by Gasteiger charge is -2.09. The molecular weight excluding hydrogens is 404 g/mol. The van der Waals surface area contributed by atoms with Gasteiger partial charge >= 0.3 is 5.97 Å². The number of para-hydroxylation sites is 2. The molecule has 0 bridgehead atoms. The summed E-state index contributed by atoms with van der Waals surface area (Å²) in [5.74, 6) is -0.772. The summed E-state index contributed by atoms with van der Waals surface area (Å²) in [5.41, 5.74) is 3.53. The van der Waals surface area contributed by atoms with Gasteiger partial charge < -0.3 is 14.5 Å². The summed E-state index contributed by atoms with van der Waals surface area (Å²) in [6.45, 7) is 3.95. The number of nitrogens with one attached hydrogen (secondary N) is 1. The Morgan fingerprint density at radius 3 is 2.56 bits per heavy atom. The van der Waals surface area contributed by atoms with Gasteiger partial charge in [-0.25, -0.2) is 9.79 Å². The Balaban J connectivity index is 1.81. The molecular formula is C26H22N2O4. The number of aryl methyl sites for hydroxylation is 1. The molecule has 32 heavy (non-hydrogen) atoms. The third kappa shape index (κ3) is 4.59. The van der Waals surface area contributed by atoms with Crippen LogP contribution in [0, 0.1) is 6.92 Å². The number of esters is 1. The Hall–Kier alpha value is -4.19. The molecule has 1 heterocycles. The number of ether oxygens (including phenoxy) is 1. The molecule has 1 amide bonds. The molecule has 0 radical (unpaired) electrons. The minimum atomic E-state index is -0.433. The monoisotopic (exact) mass is 426 g/mol. The number of benzene rings is 3. The number of rotatable bonds is 5. The molecule has 3 aromatic carbocycles. The normalized spacial score (nSPS) is 11.4. The fraction of sp³-hybridized carbons (Fsp3) is 0.115. The minimum Gasteiger partial charge on any atom is -0.462 e. The van der Waals surface area contributed by atoms with Crippen molar-refractivity contribution in [3.8, 4) is 0 Å². The van der Waals surface area contributed by atoms with Crippen LogP contribution in [0.15, 0.2) is 88.3 Å². The lowest BCUT2D eigenvalue weighted by atomic mass is 10.1. The molecule has 4 rings (SSSR count). The van der Waals surface area contributed by atoms with Gasteiger partial charge in [0.25, 0.3) is 5.91 Å². The van der Waals surface area contributed by atoms with E-state index < -0.39 is 5.97 Å².